The fourth-order valence-electron chi connectivity index (χ4n) is 5.83. The van der Waals surface area contributed by atoms with Crippen LogP contribution in [0.15, 0.2) is 82.5 Å². The van der Waals surface area contributed by atoms with E-state index in [1.807, 2.05) is 18.2 Å². The maximum atomic E-state index is 12.4. The van der Waals surface area contributed by atoms with Crippen molar-refractivity contribution in [2.24, 2.45) is 0 Å². The van der Waals surface area contributed by atoms with E-state index in [0.29, 0.717) is 5.75 Å². The molecule has 1 aromatic heterocycles. The summed E-state index contributed by atoms with van der Waals surface area (Å²) < 4.78 is 12.8. The Morgan fingerprint density at radius 1 is 0.925 bits per heavy atom. The standard InChI is InChI=1S/C32H24N2O6/c35-17-27-25(36)15-28(40-27)34-16-19(31(37)33-32(34)38)7-4-14-39-26-13-12-23-21-9-2-6-18-5-1-8-20(29(18)21)22-10-3-11-24(26)30(22)23/h1-3,5-6,8-13,16,25,27-28,35-36H,14-15,17H2,(H,33,37,38)/t25-,27+,28+/m0/s1. The second-order valence-electron chi connectivity index (χ2n) is 9.96. The van der Waals surface area contributed by atoms with Crippen LogP contribution in [0.1, 0.15) is 18.2 Å². The fourth-order valence-corrected chi connectivity index (χ4v) is 5.83. The van der Waals surface area contributed by atoms with Crippen molar-refractivity contribution in [2.75, 3.05) is 13.2 Å². The van der Waals surface area contributed by atoms with Gasteiger partial charge in [0.25, 0.3) is 5.56 Å². The first kappa shape index (κ1) is 24.4. The summed E-state index contributed by atoms with van der Waals surface area (Å²) in [5, 5.41) is 28.6. The third-order valence-electron chi connectivity index (χ3n) is 7.67. The molecular formula is C32H24N2O6. The third kappa shape index (κ3) is 3.83. The number of rotatable bonds is 4. The normalized spacial score (nSPS) is 19.0. The summed E-state index contributed by atoms with van der Waals surface area (Å²) in [4.78, 5) is 27.0. The van der Waals surface area contributed by atoms with Gasteiger partial charge in [-0.3, -0.25) is 14.3 Å². The summed E-state index contributed by atoms with van der Waals surface area (Å²) in [6, 6.07) is 23.0. The van der Waals surface area contributed by atoms with Crippen LogP contribution in [0, 0.1) is 11.8 Å². The summed E-state index contributed by atoms with van der Waals surface area (Å²) in [6.07, 6.45) is -1.11. The predicted molar refractivity (Wildman–Crippen MR) is 153 cm³/mol. The highest BCUT2D eigenvalue weighted by Crippen LogP contribution is 2.42. The van der Waals surface area contributed by atoms with Crippen LogP contribution in [-0.2, 0) is 4.74 Å². The van der Waals surface area contributed by atoms with Crippen LogP contribution in [0.3, 0.4) is 0 Å². The van der Waals surface area contributed by atoms with Crippen LogP contribution in [0.5, 0.6) is 5.75 Å². The van der Waals surface area contributed by atoms with Crippen LogP contribution in [0.25, 0.3) is 43.1 Å². The van der Waals surface area contributed by atoms with Crippen LogP contribution < -0.4 is 16.0 Å². The van der Waals surface area contributed by atoms with Crippen molar-refractivity contribution in [1.29, 1.82) is 0 Å². The van der Waals surface area contributed by atoms with Crippen molar-refractivity contribution in [3.63, 3.8) is 0 Å². The Hall–Kier alpha value is -4.68. The lowest BCUT2D eigenvalue weighted by molar-refractivity contribution is -0.0459. The number of aliphatic hydroxyl groups excluding tert-OH is 2. The van der Waals surface area contributed by atoms with E-state index >= 15 is 0 Å². The molecule has 1 aliphatic rings. The van der Waals surface area contributed by atoms with Gasteiger partial charge in [0.15, 0.2) is 0 Å². The van der Waals surface area contributed by atoms with Crippen molar-refractivity contribution in [3.8, 4) is 17.6 Å². The summed E-state index contributed by atoms with van der Waals surface area (Å²) in [5.41, 5.74) is -1.24. The van der Waals surface area contributed by atoms with Gasteiger partial charge in [0.1, 0.15) is 30.3 Å². The number of hydrogen-bond donors (Lipinski definition) is 3. The van der Waals surface area contributed by atoms with E-state index in [9.17, 15) is 19.8 Å². The molecule has 8 nitrogen and oxygen atoms in total. The number of H-pyrrole nitrogens is 1. The zero-order valence-corrected chi connectivity index (χ0v) is 21.3. The topological polar surface area (TPSA) is 114 Å². The quantitative estimate of drug-likeness (QED) is 0.181. The Balaban J connectivity index is 1.21. The smallest absolute Gasteiger partial charge is 0.330 e. The van der Waals surface area contributed by atoms with Crippen LogP contribution in [0.2, 0.25) is 0 Å². The number of benzene rings is 5. The Labute approximate surface area is 227 Å². The number of ether oxygens (including phenoxy) is 2. The Morgan fingerprint density at radius 3 is 2.33 bits per heavy atom. The monoisotopic (exact) mass is 532 g/mol. The number of aromatic amines is 1. The molecule has 5 aromatic carbocycles. The molecule has 0 saturated carbocycles. The summed E-state index contributed by atoms with van der Waals surface area (Å²) in [7, 11) is 0. The number of aromatic nitrogens is 2. The van der Waals surface area contributed by atoms with E-state index in [0.717, 1.165) is 21.5 Å². The summed E-state index contributed by atoms with van der Waals surface area (Å²) >= 11 is 0. The molecule has 2 heterocycles. The summed E-state index contributed by atoms with van der Waals surface area (Å²) in [6.45, 7) is -0.353. The lowest BCUT2D eigenvalue weighted by atomic mass is 9.90. The molecule has 3 atom stereocenters. The number of hydrogen-bond acceptors (Lipinski definition) is 6. The van der Waals surface area contributed by atoms with Gasteiger partial charge in [0, 0.05) is 23.4 Å². The predicted octanol–water partition coefficient (Wildman–Crippen LogP) is 3.66. The van der Waals surface area contributed by atoms with Crippen LogP contribution >= 0.6 is 0 Å². The van der Waals surface area contributed by atoms with E-state index in [1.54, 1.807) is 0 Å². The molecule has 8 heteroatoms. The second-order valence-corrected chi connectivity index (χ2v) is 9.96. The molecule has 0 unspecified atom stereocenters. The number of nitrogens with one attached hydrogen (secondary N) is 1. The van der Waals surface area contributed by atoms with Gasteiger partial charge >= 0.3 is 5.69 Å². The van der Waals surface area contributed by atoms with Gasteiger partial charge in [-0.1, -0.05) is 72.5 Å². The van der Waals surface area contributed by atoms with E-state index in [2.05, 4.69) is 65.4 Å². The van der Waals surface area contributed by atoms with Gasteiger partial charge in [-0.15, -0.1) is 0 Å². The molecular weight excluding hydrogens is 508 g/mol. The first-order chi connectivity index (χ1) is 19.5. The molecule has 1 saturated heterocycles. The highest BCUT2D eigenvalue weighted by molar-refractivity contribution is 6.33. The van der Waals surface area contributed by atoms with Gasteiger partial charge < -0.3 is 19.7 Å². The Bertz CT molecular complexity index is 2050. The number of nitrogens with zero attached hydrogens (tertiary/aromatic N) is 1. The highest BCUT2D eigenvalue weighted by atomic mass is 16.5. The van der Waals surface area contributed by atoms with Gasteiger partial charge in [0.05, 0.1) is 12.7 Å². The number of aliphatic hydroxyl groups is 2. The Morgan fingerprint density at radius 2 is 1.60 bits per heavy atom. The maximum absolute atomic E-state index is 12.4. The molecule has 0 aliphatic carbocycles. The van der Waals surface area contributed by atoms with Gasteiger partial charge in [-0.05, 0) is 38.4 Å². The molecule has 6 aromatic rings. The lowest BCUT2D eigenvalue weighted by Crippen LogP contribution is -2.33. The average Bonchev–Trinajstić information content (AvgIpc) is 3.35. The van der Waals surface area contributed by atoms with Crippen molar-refractivity contribution in [3.05, 3.63) is 99.3 Å². The zero-order chi connectivity index (χ0) is 27.4. The molecule has 0 bridgehead atoms. The average molecular weight is 533 g/mol. The zero-order valence-electron chi connectivity index (χ0n) is 21.3. The molecule has 1 aliphatic heterocycles. The van der Waals surface area contributed by atoms with Crippen LogP contribution in [-0.4, -0.2) is 45.2 Å². The molecule has 0 amide bonds. The molecule has 3 N–H and O–H groups in total. The third-order valence-corrected chi connectivity index (χ3v) is 7.67. The van der Waals surface area contributed by atoms with Gasteiger partial charge in [0.2, 0.25) is 0 Å². The van der Waals surface area contributed by atoms with Crippen LogP contribution in [0.4, 0.5) is 0 Å². The SMILES string of the molecule is O=c1[nH]c(=O)n([C@H]2C[C@H](O)[C@@H](CO)O2)cc1C#CCOc1ccc2c3cccc4cccc(c5cccc1c52)c43. The van der Waals surface area contributed by atoms with Gasteiger partial charge in [-0.25, -0.2) is 4.79 Å². The minimum absolute atomic E-state index is 0.0225. The molecule has 1 fully saturated rings. The minimum Gasteiger partial charge on any atom is -0.480 e. The molecule has 40 heavy (non-hydrogen) atoms. The van der Waals surface area contributed by atoms with E-state index in [-0.39, 0.29) is 25.2 Å². The van der Waals surface area contributed by atoms with E-state index in [1.165, 1.54) is 32.3 Å². The highest BCUT2D eigenvalue weighted by Gasteiger charge is 2.35. The maximum Gasteiger partial charge on any atom is 0.330 e. The minimum atomic E-state index is -0.916. The van der Waals surface area contributed by atoms with Crippen molar-refractivity contribution < 1.29 is 19.7 Å². The molecule has 7 rings (SSSR count). The van der Waals surface area contributed by atoms with Crippen molar-refractivity contribution in [1.82, 2.24) is 9.55 Å². The van der Waals surface area contributed by atoms with Crippen molar-refractivity contribution in [2.45, 2.75) is 24.9 Å². The fraction of sp³-hybridized carbons (Fsp3) is 0.188. The molecule has 0 spiro atoms. The molecule has 198 valence electrons. The first-order valence-corrected chi connectivity index (χ1v) is 13.0. The number of fused-ring (bicyclic) bond motifs is 2. The Kier molecular flexibility index (Phi) is 5.79. The second kappa shape index (κ2) is 9.50. The van der Waals surface area contributed by atoms with E-state index in [4.69, 9.17) is 9.47 Å². The van der Waals surface area contributed by atoms with Crippen molar-refractivity contribution >= 4 is 43.1 Å². The van der Waals surface area contributed by atoms with E-state index < -0.39 is 29.7 Å². The first-order valence-electron chi connectivity index (χ1n) is 13.0. The largest absolute Gasteiger partial charge is 0.480 e. The summed E-state index contributed by atoms with van der Waals surface area (Å²) in [5.74, 6) is 6.34. The van der Waals surface area contributed by atoms with Gasteiger partial charge in [-0.2, -0.15) is 0 Å². The lowest BCUT2D eigenvalue weighted by Gasteiger charge is -2.16. The molecule has 0 radical (unpaired) electrons.